The number of ether oxygens (including phenoxy) is 1. The van der Waals surface area contributed by atoms with Gasteiger partial charge < -0.3 is 14.4 Å². The van der Waals surface area contributed by atoms with Crippen molar-refractivity contribution in [2.75, 3.05) is 0 Å². The third-order valence-corrected chi connectivity index (χ3v) is 3.61. The molecule has 22 heavy (non-hydrogen) atoms. The molecular formula is C15H17BrN2O4. The first-order chi connectivity index (χ1) is 10.1. The van der Waals surface area contributed by atoms with Gasteiger partial charge in [0.15, 0.2) is 0 Å². The molecule has 0 saturated heterocycles. The minimum atomic E-state index is -1.06. The van der Waals surface area contributed by atoms with Crippen molar-refractivity contribution in [2.24, 2.45) is 0 Å². The maximum absolute atomic E-state index is 12.0. The van der Waals surface area contributed by atoms with Crippen molar-refractivity contribution >= 4 is 38.9 Å². The molecule has 1 heterocycles. The van der Waals surface area contributed by atoms with Crippen molar-refractivity contribution in [3.05, 3.63) is 28.0 Å². The van der Waals surface area contributed by atoms with Crippen LogP contribution in [0, 0.1) is 6.92 Å². The summed E-state index contributed by atoms with van der Waals surface area (Å²) in [4.78, 5) is 27.6. The standard InChI is InChI=1S/C15H17BrN2O4/c1-8-17-12-9(14(20)21)5-6-10(16)13(12)18(8)7-11(19)22-15(2,3)4/h5-6H,7H2,1-4H3,(H,20,21). The molecule has 2 aromatic rings. The number of halogens is 1. The number of esters is 1. The van der Waals surface area contributed by atoms with Gasteiger partial charge in [0, 0.05) is 4.47 Å². The van der Waals surface area contributed by atoms with Crippen molar-refractivity contribution in [1.29, 1.82) is 0 Å². The van der Waals surface area contributed by atoms with Crippen LogP contribution in [-0.2, 0) is 16.1 Å². The van der Waals surface area contributed by atoms with Crippen LogP contribution in [0.4, 0.5) is 0 Å². The largest absolute Gasteiger partial charge is 0.478 e. The number of aromatic carboxylic acids is 1. The number of fused-ring (bicyclic) bond motifs is 1. The molecule has 6 nitrogen and oxygen atoms in total. The Kier molecular flexibility index (Phi) is 4.28. The van der Waals surface area contributed by atoms with Gasteiger partial charge in [-0.25, -0.2) is 9.78 Å². The first kappa shape index (κ1) is 16.5. The molecule has 0 atom stereocenters. The number of carbonyl (C=O) groups excluding carboxylic acids is 1. The number of aryl methyl sites for hydroxylation is 1. The van der Waals surface area contributed by atoms with Crippen LogP contribution < -0.4 is 0 Å². The van der Waals surface area contributed by atoms with Gasteiger partial charge in [-0.15, -0.1) is 0 Å². The van der Waals surface area contributed by atoms with E-state index < -0.39 is 17.5 Å². The third kappa shape index (κ3) is 3.30. The lowest BCUT2D eigenvalue weighted by Crippen LogP contribution is -2.26. The number of imidazole rings is 1. The molecule has 1 N–H and O–H groups in total. The molecule has 0 amide bonds. The summed E-state index contributed by atoms with van der Waals surface area (Å²) in [5.41, 5.74) is 0.445. The van der Waals surface area contributed by atoms with Crippen LogP contribution in [0.25, 0.3) is 11.0 Å². The summed E-state index contributed by atoms with van der Waals surface area (Å²) in [6, 6.07) is 3.12. The minimum absolute atomic E-state index is 0.0265. The number of carboxylic acid groups (broad SMARTS) is 1. The number of hydrogen-bond donors (Lipinski definition) is 1. The fourth-order valence-electron chi connectivity index (χ4n) is 2.18. The monoisotopic (exact) mass is 368 g/mol. The summed E-state index contributed by atoms with van der Waals surface area (Å²) < 4.78 is 7.64. The molecule has 118 valence electrons. The highest BCUT2D eigenvalue weighted by atomic mass is 79.9. The fourth-order valence-corrected chi connectivity index (χ4v) is 2.71. The van der Waals surface area contributed by atoms with E-state index in [1.807, 2.05) is 0 Å². The average Bonchev–Trinajstić information content (AvgIpc) is 2.64. The van der Waals surface area contributed by atoms with Crippen molar-refractivity contribution in [1.82, 2.24) is 9.55 Å². The molecule has 0 bridgehead atoms. The maximum atomic E-state index is 12.0. The van der Waals surface area contributed by atoms with E-state index in [1.54, 1.807) is 38.3 Å². The molecule has 0 aliphatic carbocycles. The molecule has 0 unspecified atom stereocenters. The highest BCUT2D eigenvalue weighted by Gasteiger charge is 2.22. The van der Waals surface area contributed by atoms with Gasteiger partial charge in [0.2, 0.25) is 0 Å². The van der Waals surface area contributed by atoms with E-state index in [1.165, 1.54) is 6.07 Å². The van der Waals surface area contributed by atoms with Gasteiger partial charge in [-0.3, -0.25) is 4.79 Å². The van der Waals surface area contributed by atoms with Crippen LogP contribution in [0.5, 0.6) is 0 Å². The Morgan fingerprint density at radius 3 is 2.55 bits per heavy atom. The Hall–Kier alpha value is -1.89. The number of carboxylic acids is 1. The summed E-state index contributed by atoms with van der Waals surface area (Å²) in [6.07, 6.45) is 0. The first-order valence-corrected chi connectivity index (χ1v) is 7.50. The van der Waals surface area contributed by atoms with Crippen molar-refractivity contribution in [3.8, 4) is 0 Å². The normalized spacial score (nSPS) is 11.7. The Bertz CT molecular complexity index is 759. The predicted octanol–water partition coefficient (Wildman–Crippen LogP) is 3.15. The number of nitrogens with zero attached hydrogens (tertiary/aromatic N) is 2. The van der Waals surface area contributed by atoms with E-state index in [4.69, 9.17) is 4.74 Å². The van der Waals surface area contributed by atoms with Crippen LogP contribution in [0.15, 0.2) is 16.6 Å². The van der Waals surface area contributed by atoms with Gasteiger partial charge in [0.05, 0.1) is 11.1 Å². The Morgan fingerprint density at radius 1 is 1.36 bits per heavy atom. The molecule has 7 heteroatoms. The maximum Gasteiger partial charge on any atom is 0.337 e. The molecule has 0 aliphatic rings. The zero-order valence-corrected chi connectivity index (χ0v) is 14.4. The summed E-state index contributed by atoms with van der Waals surface area (Å²) in [6.45, 7) is 7.08. The van der Waals surface area contributed by atoms with Gasteiger partial charge in [0.1, 0.15) is 23.5 Å². The third-order valence-electron chi connectivity index (χ3n) is 2.97. The zero-order chi connectivity index (χ0) is 16.7. The average molecular weight is 369 g/mol. The topological polar surface area (TPSA) is 81.4 Å². The van der Waals surface area contributed by atoms with Gasteiger partial charge in [0.25, 0.3) is 0 Å². The van der Waals surface area contributed by atoms with Gasteiger partial charge in [-0.05, 0) is 55.8 Å². The highest BCUT2D eigenvalue weighted by molar-refractivity contribution is 9.10. The summed E-state index contributed by atoms with van der Waals surface area (Å²) >= 11 is 3.39. The molecule has 0 aliphatic heterocycles. The van der Waals surface area contributed by atoms with Gasteiger partial charge >= 0.3 is 11.9 Å². The summed E-state index contributed by atoms with van der Waals surface area (Å²) in [7, 11) is 0. The highest BCUT2D eigenvalue weighted by Crippen LogP contribution is 2.28. The van der Waals surface area contributed by atoms with Crippen molar-refractivity contribution in [2.45, 2.75) is 39.8 Å². The van der Waals surface area contributed by atoms with Crippen molar-refractivity contribution in [3.63, 3.8) is 0 Å². The smallest absolute Gasteiger partial charge is 0.337 e. The summed E-state index contributed by atoms with van der Waals surface area (Å²) in [5.74, 6) is -0.905. The number of aromatic nitrogens is 2. The quantitative estimate of drug-likeness (QED) is 0.841. The number of hydrogen-bond acceptors (Lipinski definition) is 4. The van der Waals surface area contributed by atoms with E-state index in [2.05, 4.69) is 20.9 Å². The van der Waals surface area contributed by atoms with Crippen LogP contribution in [-0.4, -0.2) is 32.2 Å². The molecule has 0 fully saturated rings. The van der Waals surface area contributed by atoms with Gasteiger partial charge in [-0.2, -0.15) is 0 Å². The minimum Gasteiger partial charge on any atom is -0.478 e. The molecule has 1 aromatic carbocycles. The van der Waals surface area contributed by atoms with Crippen LogP contribution in [0.3, 0.4) is 0 Å². The van der Waals surface area contributed by atoms with E-state index in [0.29, 0.717) is 21.3 Å². The number of rotatable bonds is 3. The van der Waals surface area contributed by atoms with E-state index in [-0.39, 0.29) is 12.1 Å². The lowest BCUT2D eigenvalue weighted by molar-refractivity contribution is -0.155. The van der Waals surface area contributed by atoms with Gasteiger partial charge in [-0.1, -0.05) is 0 Å². The second-order valence-electron chi connectivity index (χ2n) is 5.93. The second kappa shape index (κ2) is 5.72. The number of benzene rings is 1. The summed E-state index contributed by atoms with van der Waals surface area (Å²) in [5, 5.41) is 9.25. The van der Waals surface area contributed by atoms with E-state index in [0.717, 1.165) is 0 Å². The van der Waals surface area contributed by atoms with Crippen LogP contribution >= 0.6 is 15.9 Å². The number of carbonyl (C=O) groups is 2. The van der Waals surface area contributed by atoms with Crippen molar-refractivity contribution < 1.29 is 19.4 Å². The molecular weight excluding hydrogens is 352 g/mol. The lowest BCUT2D eigenvalue weighted by Gasteiger charge is -2.20. The Morgan fingerprint density at radius 2 is 2.00 bits per heavy atom. The zero-order valence-electron chi connectivity index (χ0n) is 12.8. The molecule has 1 aromatic heterocycles. The van der Waals surface area contributed by atoms with Crippen LogP contribution in [0.2, 0.25) is 0 Å². The predicted molar refractivity (Wildman–Crippen MR) is 85.0 cm³/mol. The van der Waals surface area contributed by atoms with Crippen LogP contribution in [0.1, 0.15) is 37.0 Å². The molecule has 2 rings (SSSR count). The SMILES string of the molecule is Cc1nc2c(C(=O)O)ccc(Br)c2n1CC(=O)OC(C)(C)C. The van der Waals surface area contributed by atoms with E-state index >= 15 is 0 Å². The lowest BCUT2D eigenvalue weighted by atomic mass is 10.2. The Balaban J connectivity index is 2.51. The molecule has 0 spiro atoms. The first-order valence-electron chi connectivity index (χ1n) is 6.70. The van der Waals surface area contributed by atoms with E-state index in [9.17, 15) is 14.7 Å². The molecule has 0 saturated carbocycles. The molecule has 0 radical (unpaired) electrons. The second-order valence-corrected chi connectivity index (χ2v) is 6.78. The Labute approximate surface area is 136 Å². The fraction of sp³-hybridized carbons (Fsp3) is 0.400.